The zero-order valence-electron chi connectivity index (χ0n) is 16.4. The molecule has 0 saturated heterocycles. The maximum Gasteiger partial charge on any atom is 0.337 e. The van der Waals surface area contributed by atoms with Gasteiger partial charge in [0.05, 0.1) is 24.5 Å². The number of hydrogen-bond donors (Lipinski definition) is 2. The molecule has 148 valence electrons. The van der Waals surface area contributed by atoms with E-state index in [0.29, 0.717) is 28.8 Å². The number of nitrogens with one attached hydrogen (secondary N) is 1. The first-order valence-corrected chi connectivity index (χ1v) is 9.84. The van der Waals surface area contributed by atoms with Crippen LogP contribution in [0.25, 0.3) is 0 Å². The summed E-state index contributed by atoms with van der Waals surface area (Å²) in [6, 6.07) is 5.19. The zero-order chi connectivity index (χ0) is 19.6. The molecule has 6 nitrogen and oxygen atoms in total. The predicted octanol–water partition coefficient (Wildman–Crippen LogP) is 3.35. The number of ether oxygens (including phenoxy) is 2. The standard InChI is InChI=1S/C21H30N2O4/c1-12(2)27-18-8-7-15(21(25)26-3)11-17(18)23-20(24)16-9-13-5-4-6-14(10-16)19(13)22/h7-8,11-14,16,19H,4-6,9-10,22H2,1-3H3,(H,23,24). The first-order valence-electron chi connectivity index (χ1n) is 9.84. The van der Waals surface area contributed by atoms with Gasteiger partial charge in [0, 0.05) is 12.0 Å². The fourth-order valence-electron chi connectivity index (χ4n) is 4.47. The van der Waals surface area contributed by atoms with Gasteiger partial charge in [-0.3, -0.25) is 4.79 Å². The van der Waals surface area contributed by atoms with E-state index in [0.717, 1.165) is 25.7 Å². The third kappa shape index (κ3) is 4.43. The van der Waals surface area contributed by atoms with Crippen molar-refractivity contribution in [1.29, 1.82) is 0 Å². The van der Waals surface area contributed by atoms with E-state index >= 15 is 0 Å². The van der Waals surface area contributed by atoms with E-state index < -0.39 is 5.97 Å². The highest BCUT2D eigenvalue weighted by molar-refractivity contribution is 5.97. The van der Waals surface area contributed by atoms with E-state index in [1.165, 1.54) is 13.5 Å². The van der Waals surface area contributed by atoms with Gasteiger partial charge in [-0.15, -0.1) is 0 Å². The van der Waals surface area contributed by atoms with Crippen molar-refractivity contribution in [2.45, 2.75) is 58.1 Å². The topological polar surface area (TPSA) is 90.6 Å². The Morgan fingerprint density at radius 2 is 1.85 bits per heavy atom. The highest BCUT2D eigenvalue weighted by atomic mass is 16.5. The summed E-state index contributed by atoms with van der Waals surface area (Å²) in [6.07, 6.45) is 5.06. The van der Waals surface area contributed by atoms with E-state index in [1.54, 1.807) is 18.2 Å². The first-order chi connectivity index (χ1) is 12.9. The van der Waals surface area contributed by atoms with Crippen molar-refractivity contribution in [2.24, 2.45) is 23.5 Å². The normalized spacial score (nSPS) is 27.1. The van der Waals surface area contributed by atoms with Gasteiger partial charge in [-0.05, 0) is 69.6 Å². The summed E-state index contributed by atoms with van der Waals surface area (Å²) in [7, 11) is 1.34. The van der Waals surface area contributed by atoms with Crippen LogP contribution in [0.2, 0.25) is 0 Å². The third-order valence-electron chi connectivity index (χ3n) is 5.81. The molecule has 2 fully saturated rings. The molecule has 2 unspecified atom stereocenters. The molecule has 0 heterocycles. The molecule has 1 aromatic rings. The number of fused-ring (bicyclic) bond motifs is 2. The number of hydrogen-bond acceptors (Lipinski definition) is 5. The number of rotatable bonds is 5. The van der Waals surface area contributed by atoms with Crippen molar-refractivity contribution in [3.8, 4) is 5.75 Å². The van der Waals surface area contributed by atoms with Gasteiger partial charge in [0.15, 0.2) is 0 Å². The average molecular weight is 374 g/mol. The molecule has 1 aromatic carbocycles. The number of carbonyl (C=O) groups is 2. The molecule has 6 heteroatoms. The molecule has 2 aliphatic carbocycles. The monoisotopic (exact) mass is 374 g/mol. The number of nitrogens with two attached hydrogens (primary N) is 1. The van der Waals surface area contributed by atoms with Crippen molar-refractivity contribution < 1.29 is 19.1 Å². The molecule has 0 radical (unpaired) electrons. The van der Waals surface area contributed by atoms with Crippen LogP contribution in [-0.2, 0) is 9.53 Å². The van der Waals surface area contributed by atoms with Gasteiger partial charge < -0.3 is 20.5 Å². The maximum absolute atomic E-state index is 13.0. The molecule has 27 heavy (non-hydrogen) atoms. The van der Waals surface area contributed by atoms with Gasteiger partial charge in [-0.25, -0.2) is 4.79 Å². The molecular weight excluding hydrogens is 344 g/mol. The van der Waals surface area contributed by atoms with Crippen molar-refractivity contribution >= 4 is 17.6 Å². The SMILES string of the molecule is COC(=O)c1ccc(OC(C)C)c(NC(=O)C2CC3CCCC(C2)C3N)c1. The molecule has 3 N–H and O–H groups in total. The second kappa shape index (κ2) is 8.30. The fraction of sp³-hybridized carbons (Fsp3) is 0.619. The lowest BCUT2D eigenvalue weighted by Crippen LogP contribution is -2.48. The zero-order valence-corrected chi connectivity index (χ0v) is 16.4. The lowest BCUT2D eigenvalue weighted by molar-refractivity contribution is -0.122. The Morgan fingerprint density at radius 3 is 2.44 bits per heavy atom. The van der Waals surface area contributed by atoms with Gasteiger partial charge in [0.1, 0.15) is 5.75 Å². The second-order valence-corrected chi connectivity index (χ2v) is 8.06. The summed E-state index contributed by atoms with van der Waals surface area (Å²) in [5.41, 5.74) is 7.24. The average Bonchev–Trinajstić information content (AvgIpc) is 2.61. The minimum atomic E-state index is -0.445. The van der Waals surface area contributed by atoms with E-state index in [-0.39, 0.29) is 24.0 Å². The summed E-state index contributed by atoms with van der Waals surface area (Å²) in [5.74, 6) is 0.906. The summed E-state index contributed by atoms with van der Waals surface area (Å²) < 4.78 is 10.6. The summed E-state index contributed by atoms with van der Waals surface area (Å²) in [4.78, 5) is 24.8. The van der Waals surface area contributed by atoms with Gasteiger partial charge in [-0.1, -0.05) is 6.42 Å². The second-order valence-electron chi connectivity index (χ2n) is 8.06. The number of anilines is 1. The maximum atomic E-state index is 13.0. The molecule has 2 saturated carbocycles. The lowest BCUT2D eigenvalue weighted by atomic mass is 9.65. The van der Waals surface area contributed by atoms with E-state index in [2.05, 4.69) is 5.32 Å². The summed E-state index contributed by atoms with van der Waals surface area (Å²) >= 11 is 0. The van der Waals surface area contributed by atoms with Gasteiger partial charge in [-0.2, -0.15) is 0 Å². The Morgan fingerprint density at radius 1 is 1.19 bits per heavy atom. The van der Waals surface area contributed by atoms with Crippen LogP contribution in [0.3, 0.4) is 0 Å². The lowest BCUT2D eigenvalue weighted by Gasteiger charge is -2.43. The van der Waals surface area contributed by atoms with Crippen molar-refractivity contribution in [3.63, 3.8) is 0 Å². The Bertz CT molecular complexity index is 689. The third-order valence-corrected chi connectivity index (χ3v) is 5.81. The van der Waals surface area contributed by atoms with Crippen LogP contribution in [0.15, 0.2) is 18.2 Å². The Labute approximate surface area is 160 Å². The van der Waals surface area contributed by atoms with Gasteiger partial charge >= 0.3 is 5.97 Å². The van der Waals surface area contributed by atoms with Gasteiger partial charge in [0.2, 0.25) is 5.91 Å². The Balaban J connectivity index is 1.78. The van der Waals surface area contributed by atoms with E-state index in [1.807, 2.05) is 13.8 Å². The molecule has 2 bridgehead atoms. The van der Waals surface area contributed by atoms with E-state index in [4.69, 9.17) is 15.2 Å². The number of methoxy groups -OCH3 is 1. The quantitative estimate of drug-likeness (QED) is 0.771. The van der Waals surface area contributed by atoms with Crippen LogP contribution in [0, 0.1) is 17.8 Å². The molecule has 2 aliphatic rings. The minimum Gasteiger partial charge on any atom is -0.489 e. The minimum absolute atomic E-state index is 0.0191. The van der Waals surface area contributed by atoms with Crippen molar-refractivity contribution in [3.05, 3.63) is 23.8 Å². The molecule has 3 rings (SSSR count). The largest absolute Gasteiger partial charge is 0.489 e. The number of amides is 1. The predicted molar refractivity (Wildman–Crippen MR) is 104 cm³/mol. The van der Waals surface area contributed by atoms with Crippen LogP contribution in [-0.4, -0.2) is 31.1 Å². The molecule has 0 aromatic heterocycles. The molecule has 2 atom stereocenters. The number of carbonyl (C=O) groups excluding carboxylic acids is 2. The first kappa shape index (κ1) is 19.7. The van der Waals surface area contributed by atoms with Crippen molar-refractivity contribution in [2.75, 3.05) is 12.4 Å². The van der Waals surface area contributed by atoms with Crippen molar-refractivity contribution in [1.82, 2.24) is 0 Å². The van der Waals surface area contributed by atoms with Gasteiger partial charge in [0.25, 0.3) is 0 Å². The molecule has 0 aliphatic heterocycles. The van der Waals surface area contributed by atoms with Crippen LogP contribution < -0.4 is 15.8 Å². The highest BCUT2D eigenvalue weighted by Gasteiger charge is 2.40. The summed E-state index contributed by atoms with van der Waals surface area (Å²) in [5, 5.41) is 3.00. The molecule has 1 amide bonds. The summed E-state index contributed by atoms with van der Waals surface area (Å²) in [6.45, 7) is 3.84. The van der Waals surface area contributed by atoms with Crippen LogP contribution in [0.1, 0.15) is 56.3 Å². The van der Waals surface area contributed by atoms with Crippen LogP contribution in [0.5, 0.6) is 5.75 Å². The molecular formula is C21H30N2O4. The Hall–Kier alpha value is -2.08. The fourth-order valence-corrected chi connectivity index (χ4v) is 4.47. The smallest absolute Gasteiger partial charge is 0.337 e. The molecule has 0 spiro atoms. The number of benzene rings is 1. The van der Waals surface area contributed by atoms with Crippen LogP contribution >= 0.6 is 0 Å². The van der Waals surface area contributed by atoms with E-state index in [9.17, 15) is 9.59 Å². The number of esters is 1. The highest BCUT2D eigenvalue weighted by Crippen LogP contribution is 2.42. The Kier molecular flexibility index (Phi) is 6.05. The van der Waals surface area contributed by atoms with Crippen LogP contribution in [0.4, 0.5) is 5.69 Å².